The summed E-state index contributed by atoms with van der Waals surface area (Å²) in [4.78, 5) is 12.2. The smallest absolute Gasteiger partial charge is 0.262 e. The average Bonchev–Trinajstić information content (AvgIpc) is 2.56. The molecule has 0 aliphatic rings. The number of halogens is 2. The molecule has 0 saturated heterocycles. The molecule has 0 spiro atoms. The van der Waals surface area contributed by atoms with Crippen molar-refractivity contribution in [2.24, 2.45) is 5.10 Å². The first-order valence-corrected chi connectivity index (χ1v) is 8.36. The number of carbonyl (C=O) groups is 1. The van der Waals surface area contributed by atoms with Crippen molar-refractivity contribution in [1.29, 1.82) is 0 Å². The fraction of sp³-hybridized carbons (Fsp3) is 0.176. The van der Waals surface area contributed by atoms with E-state index in [4.69, 9.17) is 11.6 Å². The van der Waals surface area contributed by atoms with Crippen molar-refractivity contribution in [2.45, 2.75) is 19.4 Å². The lowest BCUT2D eigenvalue weighted by Crippen LogP contribution is -2.36. The molecular formula is C17H17BrClN3O. The van der Waals surface area contributed by atoms with Crippen LogP contribution in [0.4, 0.5) is 5.69 Å². The van der Waals surface area contributed by atoms with Gasteiger partial charge in [0.2, 0.25) is 0 Å². The van der Waals surface area contributed by atoms with Crippen molar-refractivity contribution in [2.75, 3.05) is 5.32 Å². The number of hydrazone groups is 1. The second kappa shape index (κ2) is 8.70. The Morgan fingerprint density at radius 1 is 1.26 bits per heavy atom. The summed E-state index contributed by atoms with van der Waals surface area (Å²) in [7, 11) is 0. The van der Waals surface area contributed by atoms with Crippen LogP contribution in [0, 0.1) is 0 Å². The molecule has 2 rings (SSSR count). The number of benzene rings is 2. The minimum atomic E-state index is -0.362. The lowest BCUT2D eigenvalue weighted by molar-refractivity contribution is -0.121. The van der Waals surface area contributed by atoms with Gasteiger partial charge in [-0.3, -0.25) is 4.79 Å². The maximum Gasteiger partial charge on any atom is 0.262 e. The standard InChI is InChI=1S/C17H17BrClN3O/c1-2-16(21-14-9-7-13(18)8-10-14)17(23)22-20-11-12-5-3-4-6-15(12)19/h3-11,16,21H,2H2,1H3,(H,22,23)/b20-11+. The van der Waals surface area contributed by atoms with E-state index in [9.17, 15) is 4.79 Å². The Balaban J connectivity index is 1.95. The van der Waals surface area contributed by atoms with Crippen LogP contribution >= 0.6 is 27.5 Å². The molecule has 6 heteroatoms. The Hall–Kier alpha value is -1.85. The quantitative estimate of drug-likeness (QED) is 0.562. The first-order valence-electron chi connectivity index (χ1n) is 7.19. The molecule has 0 saturated carbocycles. The first kappa shape index (κ1) is 17.5. The summed E-state index contributed by atoms with van der Waals surface area (Å²) in [5.74, 6) is -0.196. The molecule has 0 aliphatic heterocycles. The minimum Gasteiger partial charge on any atom is -0.374 e. The average molecular weight is 395 g/mol. The Morgan fingerprint density at radius 3 is 2.61 bits per heavy atom. The van der Waals surface area contributed by atoms with E-state index in [1.54, 1.807) is 6.07 Å². The van der Waals surface area contributed by atoms with Crippen molar-refractivity contribution >= 4 is 45.3 Å². The van der Waals surface area contributed by atoms with Crippen LogP contribution in [0.15, 0.2) is 58.1 Å². The minimum absolute atomic E-state index is 0.196. The molecule has 1 unspecified atom stereocenters. The number of carbonyl (C=O) groups excluding carboxylic acids is 1. The van der Waals surface area contributed by atoms with Gasteiger partial charge in [0.15, 0.2) is 0 Å². The van der Waals surface area contributed by atoms with Crippen molar-refractivity contribution in [3.63, 3.8) is 0 Å². The third kappa shape index (κ3) is 5.37. The van der Waals surface area contributed by atoms with Gasteiger partial charge in [0, 0.05) is 20.7 Å². The predicted octanol–water partition coefficient (Wildman–Crippen LogP) is 4.44. The Labute approximate surface area is 149 Å². The molecule has 2 aromatic carbocycles. The number of anilines is 1. The van der Waals surface area contributed by atoms with Gasteiger partial charge in [0.1, 0.15) is 6.04 Å². The van der Waals surface area contributed by atoms with E-state index in [0.717, 1.165) is 15.7 Å². The second-order valence-corrected chi connectivity index (χ2v) is 6.19. The molecule has 23 heavy (non-hydrogen) atoms. The summed E-state index contributed by atoms with van der Waals surface area (Å²) in [6.07, 6.45) is 2.18. The van der Waals surface area contributed by atoms with Gasteiger partial charge < -0.3 is 5.32 Å². The molecule has 1 amide bonds. The highest BCUT2D eigenvalue weighted by molar-refractivity contribution is 9.10. The van der Waals surface area contributed by atoms with Crippen LogP contribution in [0.5, 0.6) is 0 Å². The van der Waals surface area contributed by atoms with Gasteiger partial charge in [0.05, 0.1) is 6.21 Å². The molecule has 0 aliphatic carbocycles. The highest BCUT2D eigenvalue weighted by atomic mass is 79.9. The van der Waals surface area contributed by atoms with Gasteiger partial charge in [-0.15, -0.1) is 0 Å². The zero-order valence-electron chi connectivity index (χ0n) is 12.6. The predicted molar refractivity (Wildman–Crippen MR) is 99.0 cm³/mol. The normalized spacial score (nSPS) is 12.1. The van der Waals surface area contributed by atoms with E-state index < -0.39 is 0 Å². The van der Waals surface area contributed by atoms with Gasteiger partial charge in [-0.2, -0.15) is 5.10 Å². The Bertz CT molecular complexity index is 688. The Morgan fingerprint density at radius 2 is 1.96 bits per heavy atom. The highest BCUT2D eigenvalue weighted by Crippen LogP contribution is 2.16. The number of amides is 1. The fourth-order valence-corrected chi connectivity index (χ4v) is 2.37. The summed E-state index contributed by atoms with van der Waals surface area (Å²) in [6.45, 7) is 1.94. The van der Waals surface area contributed by atoms with Crippen molar-refractivity contribution in [1.82, 2.24) is 5.43 Å². The van der Waals surface area contributed by atoms with Crippen LogP contribution in [0.1, 0.15) is 18.9 Å². The maximum absolute atomic E-state index is 12.2. The van der Waals surface area contributed by atoms with E-state index in [-0.39, 0.29) is 11.9 Å². The summed E-state index contributed by atoms with van der Waals surface area (Å²) in [6, 6.07) is 14.6. The molecule has 2 aromatic rings. The van der Waals surface area contributed by atoms with E-state index in [1.165, 1.54) is 6.21 Å². The van der Waals surface area contributed by atoms with E-state index in [1.807, 2.05) is 49.4 Å². The van der Waals surface area contributed by atoms with Gasteiger partial charge >= 0.3 is 0 Å². The van der Waals surface area contributed by atoms with Gasteiger partial charge in [-0.25, -0.2) is 5.43 Å². The zero-order chi connectivity index (χ0) is 16.7. The van der Waals surface area contributed by atoms with E-state index in [2.05, 4.69) is 31.8 Å². The number of nitrogens with zero attached hydrogens (tertiary/aromatic N) is 1. The molecule has 4 nitrogen and oxygen atoms in total. The molecule has 0 heterocycles. The first-order chi connectivity index (χ1) is 11.1. The largest absolute Gasteiger partial charge is 0.374 e. The summed E-state index contributed by atoms with van der Waals surface area (Å²) in [5.41, 5.74) is 4.17. The molecular weight excluding hydrogens is 378 g/mol. The van der Waals surface area contributed by atoms with E-state index in [0.29, 0.717) is 11.4 Å². The molecule has 0 fully saturated rings. The lowest BCUT2D eigenvalue weighted by Gasteiger charge is -2.16. The third-order valence-electron chi connectivity index (χ3n) is 3.19. The highest BCUT2D eigenvalue weighted by Gasteiger charge is 2.15. The van der Waals surface area contributed by atoms with Gasteiger partial charge in [0.25, 0.3) is 5.91 Å². The fourth-order valence-electron chi connectivity index (χ4n) is 1.92. The summed E-state index contributed by atoms with van der Waals surface area (Å²) in [5, 5.41) is 7.74. The molecule has 120 valence electrons. The third-order valence-corrected chi connectivity index (χ3v) is 4.07. The number of hydrogen-bond donors (Lipinski definition) is 2. The monoisotopic (exact) mass is 393 g/mol. The van der Waals surface area contributed by atoms with Crippen LogP contribution in [0.3, 0.4) is 0 Å². The number of hydrogen-bond acceptors (Lipinski definition) is 3. The molecule has 2 N–H and O–H groups in total. The van der Waals surface area contributed by atoms with Crippen molar-refractivity contribution < 1.29 is 4.79 Å². The Kier molecular flexibility index (Phi) is 6.62. The maximum atomic E-state index is 12.2. The van der Waals surface area contributed by atoms with Crippen LogP contribution in [0.2, 0.25) is 5.02 Å². The van der Waals surface area contributed by atoms with Crippen LogP contribution in [-0.2, 0) is 4.79 Å². The number of nitrogens with one attached hydrogen (secondary N) is 2. The van der Waals surface area contributed by atoms with Crippen LogP contribution < -0.4 is 10.7 Å². The lowest BCUT2D eigenvalue weighted by atomic mass is 10.2. The van der Waals surface area contributed by atoms with Crippen molar-refractivity contribution in [3.05, 3.63) is 63.6 Å². The van der Waals surface area contributed by atoms with E-state index >= 15 is 0 Å². The topological polar surface area (TPSA) is 53.5 Å². The summed E-state index contributed by atoms with van der Waals surface area (Å²) < 4.78 is 0.991. The van der Waals surface area contributed by atoms with Gasteiger partial charge in [-0.1, -0.05) is 52.7 Å². The summed E-state index contributed by atoms with van der Waals surface area (Å²) >= 11 is 9.41. The zero-order valence-corrected chi connectivity index (χ0v) is 14.9. The molecule has 0 aromatic heterocycles. The van der Waals surface area contributed by atoms with Gasteiger partial charge in [-0.05, 0) is 36.8 Å². The van der Waals surface area contributed by atoms with Crippen molar-refractivity contribution in [3.8, 4) is 0 Å². The molecule has 0 radical (unpaired) electrons. The molecule has 1 atom stereocenters. The molecule has 0 bridgehead atoms. The van der Waals surface area contributed by atoms with Crippen LogP contribution in [0.25, 0.3) is 0 Å². The van der Waals surface area contributed by atoms with Crippen LogP contribution in [-0.4, -0.2) is 18.2 Å². The second-order valence-electron chi connectivity index (χ2n) is 4.87. The number of rotatable bonds is 6. The SMILES string of the molecule is CCC(Nc1ccc(Br)cc1)C(=O)N/N=C/c1ccccc1Cl.